The van der Waals surface area contributed by atoms with Crippen LogP contribution in [-0.4, -0.2) is 30.5 Å². The molecular formula is C32H33F2NO4. The fourth-order valence-electron chi connectivity index (χ4n) is 4.95. The lowest BCUT2D eigenvalue weighted by Crippen LogP contribution is -2.49. The van der Waals surface area contributed by atoms with Crippen LogP contribution in [0.15, 0.2) is 116 Å². The number of alkyl halides is 2. The Kier molecular flexibility index (Phi) is 8.51. The lowest BCUT2D eigenvalue weighted by molar-refractivity contribution is -0.286. The zero-order valence-corrected chi connectivity index (χ0v) is 21.8. The average molecular weight is 534 g/mol. The monoisotopic (exact) mass is 533 g/mol. The Bertz CT molecular complexity index is 1270. The molecule has 5 nitrogen and oxygen atoms in total. The molecule has 2 fully saturated rings. The summed E-state index contributed by atoms with van der Waals surface area (Å²) in [7, 11) is 0. The van der Waals surface area contributed by atoms with Gasteiger partial charge in [0.05, 0.1) is 17.6 Å². The number of rotatable bonds is 11. The first-order chi connectivity index (χ1) is 18.7. The van der Waals surface area contributed by atoms with Crippen LogP contribution in [0.4, 0.5) is 8.78 Å². The Hall–Kier alpha value is -3.97. The largest absolute Gasteiger partial charge is 0.586 e. The van der Waals surface area contributed by atoms with Crippen LogP contribution in [0.2, 0.25) is 0 Å². The Morgan fingerprint density at radius 2 is 1.59 bits per heavy atom. The molecule has 1 aromatic carbocycles. The van der Waals surface area contributed by atoms with Gasteiger partial charge in [-0.25, -0.2) is 0 Å². The molecule has 1 saturated carbocycles. The fraction of sp³-hybridized carbons (Fsp3) is 0.281. The molecule has 0 spiro atoms. The molecule has 7 heteroatoms. The second-order valence-corrected chi connectivity index (χ2v) is 9.65. The van der Waals surface area contributed by atoms with Crippen LogP contribution in [-0.2, 0) is 14.9 Å². The van der Waals surface area contributed by atoms with Gasteiger partial charge in [-0.15, -0.1) is 8.78 Å². The van der Waals surface area contributed by atoms with Crippen molar-refractivity contribution in [3.05, 3.63) is 122 Å². The molecule has 1 aromatic rings. The molecular weight excluding hydrogens is 500 g/mol. The van der Waals surface area contributed by atoms with Gasteiger partial charge in [-0.1, -0.05) is 93.1 Å². The van der Waals surface area contributed by atoms with Gasteiger partial charge in [-0.05, 0) is 54.5 Å². The summed E-state index contributed by atoms with van der Waals surface area (Å²) < 4.78 is 42.7. The van der Waals surface area contributed by atoms with E-state index in [4.69, 9.17) is 4.74 Å². The minimum Gasteiger partial charge on any atom is -0.395 e. The molecule has 3 atom stereocenters. The van der Waals surface area contributed by atoms with E-state index < -0.39 is 11.7 Å². The maximum Gasteiger partial charge on any atom is 0.586 e. The second-order valence-electron chi connectivity index (χ2n) is 9.65. The summed E-state index contributed by atoms with van der Waals surface area (Å²) >= 11 is 0. The number of allylic oxidation sites excluding steroid dienone is 8. The highest BCUT2D eigenvalue weighted by atomic mass is 19.3. The normalized spacial score (nSPS) is 25.3. The number of benzene rings is 1. The first-order valence-corrected chi connectivity index (χ1v) is 12.9. The summed E-state index contributed by atoms with van der Waals surface area (Å²) in [6.07, 6.45) is 16.0. The predicted molar refractivity (Wildman–Crippen MR) is 149 cm³/mol. The van der Waals surface area contributed by atoms with E-state index >= 15 is 0 Å². The van der Waals surface area contributed by atoms with Crippen molar-refractivity contribution in [1.29, 1.82) is 0 Å². The number of hydrogen-bond donors (Lipinski definition) is 1. The quantitative estimate of drug-likeness (QED) is 0.319. The number of fused-ring (bicyclic) bond motifs is 1. The van der Waals surface area contributed by atoms with Crippen molar-refractivity contribution in [2.45, 2.75) is 55.6 Å². The number of halogens is 2. The Labute approximate surface area is 228 Å². The predicted octanol–water partition coefficient (Wildman–Crippen LogP) is 6.78. The second kappa shape index (κ2) is 11.8. The van der Waals surface area contributed by atoms with Gasteiger partial charge < -0.3 is 19.5 Å². The van der Waals surface area contributed by atoms with Crippen molar-refractivity contribution >= 4 is 5.91 Å². The number of ether oxygens (including phenoxy) is 3. The number of carbonyl (C=O) groups is 1. The number of amides is 1. The summed E-state index contributed by atoms with van der Waals surface area (Å²) in [5.74, 6) is -0.258. The van der Waals surface area contributed by atoms with E-state index in [0.29, 0.717) is 31.2 Å². The van der Waals surface area contributed by atoms with E-state index in [1.807, 2.05) is 36.5 Å². The standard InChI is InChI=1S/C32H33F2NO4/c1-5-9-11-14-22(8-4)27-20-25(21-28(37-27)23(12-7-3)13-10-6-2)35-30(36)31(17-18-31)24-15-16-26-29(19-24)39-32(33,34)38-26/h5-16,19,25,27-28H,1-4,17-18,20-21H2,(H,35,36)/b11-9-,13-10-,22-14+,23-12+/t25-,27+,28-/m1/s1. The third-order valence-electron chi connectivity index (χ3n) is 7.05. The first-order valence-electron chi connectivity index (χ1n) is 12.9. The van der Waals surface area contributed by atoms with E-state index in [2.05, 4.69) is 41.1 Å². The molecule has 204 valence electrons. The fourth-order valence-corrected chi connectivity index (χ4v) is 4.95. The third-order valence-corrected chi connectivity index (χ3v) is 7.05. The summed E-state index contributed by atoms with van der Waals surface area (Å²) in [5.41, 5.74) is 1.60. The lowest BCUT2D eigenvalue weighted by Gasteiger charge is -2.37. The number of hydrogen-bond acceptors (Lipinski definition) is 4. The first kappa shape index (κ1) is 28.0. The van der Waals surface area contributed by atoms with Crippen LogP contribution in [0.1, 0.15) is 31.2 Å². The summed E-state index contributed by atoms with van der Waals surface area (Å²) in [6.45, 7) is 15.2. The minimum absolute atomic E-state index is 0.0431. The Morgan fingerprint density at radius 1 is 0.897 bits per heavy atom. The van der Waals surface area contributed by atoms with E-state index in [1.54, 1.807) is 30.4 Å². The Morgan fingerprint density at radius 3 is 2.23 bits per heavy atom. The van der Waals surface area contributed by atoms with Gasteiger partial charge in [0.15, 0.2) is 11.5 Å². The molecule has 1 aliphatic carbocycles. The number of carbonyl (C=O) groups excluding carboxylic acids is 1. The van der Waals surface area contributed by atoms with Gasteiger partial charge in [-0.3, -0.25) is 4.79 Å². The molecule has 2 aliphatic heterocycles. The summed E-state index contributed by atoms with van der Waals surface area (Å²) in [4.78, 5) is 13.7. The van der Waals surface area contributed by atoms with Crippen molar-refractivity contribution in [1.82, 2.24) is 5.32 Å². The molecule has 1 amide bonds. The SMILES string of the molecule is C=C/C=C\C=C(/C=C)[C@@H]1C[C@@H](NC(=O)C2(c3ccc4c(c3)OC(F)(F)O4)CC2)C[C@H](C(/C=C\C=C)=C/C=C)O1. The summed E-state index contributed by atoms with van der Waals surface area (Å²) in [6, 6.07) is 4.35. The van der Waals surface area contributed by atoms with Crippen LogP contribution in [0.25, 0.3) is 0 Å². The van der Waals surface area contributed by atoms with Gasteiger partial charge in [0.1, 0.15) is 0 Å². The highest BCUT2D eigenvalue weighted by Crippen LogP contribution is 2.52. The maximum absolute atomic E-state index is 13.7. The van der Waals surface area contributed by atoms with E-state index in [1.165, 1.54) is 12.1 Å². The van der Waals surface area contributed by atoms with Gasteiger partial charge in [0.25, 0.3) is 0 Å². The molecule has 1 saturated heterocycles. The van der Waals surface area contributed by atoms with Crippen LogP contribution >= 0.6 is 0 Å². The van der Waals surface area contributed by atoms with Gasteiger partial charge in [-0.2, -0.15) is 0 Å². The molecule has 0 aromatic heterocycles. The highest BCUT2D eigenvalue weighted by molar-refractivity contribution is 5.91. The molecule has 0 radical (unpaired) electrons. The Balaban J connectivity index is 1.58. The van der Waals surface area contributed by atoms with Crippen LogP contribution in [0.3, 0.4) is 0 Å². The zero-order chi connectivity index (χ0) is 28.0. The topological polar surface area (TPSA) is 56.8 Å². The van der Waals surface area contributed by atoms with Gasteiger partial charge in [0, 0.05) is 6.04 Å². The zero-order valence-electron chi connectivity index (χ0n) is 21.8. The summed E-state index contributed by atoms with van der Waals surface area (Å²) in [5, 5.41) is 3.23. The van der Waals surface area contributed by atoms with E-state index in [9.17, 15) is 13.6 Å². The maximum atomic E-state index is 13.7. The minimum atomic E-state index is -3.71. The molecule has 1 N–H and O–H groups in total. The van der Waals surface area contributed by atoms with Crippen molar-refractivity contribution in [3.63, 3.8) is 0 Å². The van der Waals surface area contributed by atoms with E-state index in [0.717, 1.165) is 11.1 Å². The molecule has 0 bridgehead atoms. The molecule has 3 aliphatic rings. The van der Waals surface area contributed by atoms with Crippen LogP contribution in [0.5, 0.6) is 11.5 Å². The smallest absolute Gasteiger partial charge is 0.395 e. The number of nitrogens with one attached hydrogen (secondary N) is 1. The van der Waals surface area contributed by atoms with Crippen molar-refractivity contribution in [2.24, 2.45) is 0 Å². The highest BCUT2D eigenvalue weighted by Gasteiger charge is 2.53. The molecule has 0 unspecified atom stereocenters. The van der Waals surface area contributed by atoms with E-state index in [-0.39, 0.29) is 35.7 Å². The van der Waals surface area contributed by atoms with Crippen LogP contribution < -0.4 is 14.8 Å². The van der Waals surface area contributed by atoms with Gasteiger partial charge >= 0.3 is 6.29 Å². The van der Waals surface area contributed by atoms with Gasteiger partial charge in [0.2, 0.25) is 5.91 Å². The lowest BCUT2D eigenvalue weighted by atomic mass is 9.88. The van der Waals surface area contributed by atoms with Crippen molar-refractivity contribution in [2.75, 3.05) is 0 Å². The molecule has 4 rings (SSSR count). The third kappa shape index (κ3) is 6.37. The molecule has 2 heterocycles. The van der Waals surface area contributed by atoms with Crippen molar-refractivity contribution in [3.8, 4) is 11.5 Å². The molecule has 39 heavy (non-hydrogen) atoms. The average Bonchev–Trinajstić information content (AvgIpc) is 3.66. The van der Waals surface area contributed by atoms with Crippen molar-refractivity contribution < 1.29 is 27.8 Å². The van der Waals surface area contributed by atoms with Crippen LogP contribution in [0, 0.1) is 0 Å².